The van der Waals surface area contributed by atoms with Crippen LogP contribution >= 0.6 is 0 Å². The highest BCUT2D eigenvalue weighted by molar-refractivity contribution is 5.77. The van der Waals surface area contributed by atoms with E-state index >= 15 is 0 Å². The number of aliphatic carboxylic acids is 1. The number of benzene rings is 1. The van der Waals surface area contributed by atoms with E-state index in [-0.39, 0.29) is 12.3 Å². The molecule has 1 aromatic rings. The molecule has 1 rings (SSSR count). The summed E-state index contributed by atoms with van der Waals surface area (Å²) >= 11 is 0. The number of carboxylic acids is 1. The number of unbranched alkanes of at least 4 members (excludes halogenated alkanes) is 2. The van der Waals surface area contributed by atoms with Crippen LogP contribution in [0.25, 0.3) is 0 Å². The lowest BCUT2D eigenvalue weighted by Crippen LogP contribution is -2.35. The average molecular weight is 292 g/mol. The van der Waals surface area contributed by atoms with E-state index in [2.05, 4.69) is 5.32 Å². The Morgan fingerprint density at radius 3 is 2.52 bits per heavy atom. The maximum atomic E-state index is 11.8. The van der Waals surface area contributed by atoms with Crippen molar-refractivity contribution in [3.8, 4) is 0 Å². The average Bonchev–Trinajstić information content (AvgIpc) is 2.45. The second-order valence-corrected chi connectivity index (χ2v) is 5.20. The largest absolute Gasteiger partial charge is 0.481 e. The summed E-state index contributed by atoms with van der Waals surface area (Å²) in [5, 5.41) is 11.4. The van der Waals surface area contributed by atoms with Crippen molar-refractivity contribution in [3.05, 3.63) is 35.9 Å². The molecule has 0 bridgehead atoms. The number of hydrogen-bond donors (Lipinski definition) is 2. The molecule has 0 atom stereocenters. The lowest BCUT2D eigenvalue weighted by molar-refractivity contribution is -0.137. The van der Waals surface area contributed by atoms with Crippen molar-refractivity contribution in [2.75, 3.05) is 20.1 Å². The van der Waals surface area contributed by atoms with E-state index < -0.39 is 5.97 Å². The minimum absolute atomic E-state index is 0.00638. The zero-order chi connectivity index (χ0) is 15.5. The van der Waals surface area contributed by atoms with E-state index in [0.29, 0.717) is 19.5 Å². The van der Waals surface area contributed by atoms with Gasteiger partial charge in [-0.1, -0.05) is 36.8 Å². The van der Waals surface area contributed by atoms with Gasteiger partial charge in [0.25, 0.3) is 0 Å². The van der Waals surface area contributed by atoms with Gasteiger partial charge in [0, 0.05) is 13.0 Å². The van der Waals surface area contributed by atoms with Crippen molar-refractivity contribution in [1.82, 2.24) is 10.2 Å². The summed E-state index contributed by atoms with van der Waals surface area (Å²) in [6.45, 7) is 1.72. The zero-order valence-corrected chi connectivity index (χ0v) is 12.5. The third-order valence-electron chi connectivity index (χ3n) is 3.18. The van der Waals surface area contributed by atoms with Gasteiger partial charge >= 0.3 is 5.97 Å². The Bertz CT molecular complexity index is 434. The van der Waals surface area contributed by atoms with Crippen LogP contribution in [0.5, 0.6) is 0 Å². The van der Waals surface area contributed by atoms with Gasteiger partial charge in [-0.3, -0.25) is 14.5 Å². The number of carboxylic acid groups (broad SMARTS) is 1. The van der Waals surface area contributed by atoms with Gasteiger partial charge in [-0.2, -0.15) is 0 Å². The van der Waals surface area contributed by atoms with Gasteiger partial charge in [-0.05, 0) is 32.0 Å². The van der Waals surface area contributed by atoms with E-state index in [4.69, 9.17) is 5.11 Å². The molecule has 0 aliphatic rings. The molecule has 0 unspecified atom stereocenters. The SMILES string of the molecule is CN(CCCCCC(=O)O)CC(=O)NCc1ccccc1. The second kappa shape index (κ2) is 9.94. The number of carbonyl (C=O) groups is 2. The monoisotopic (exact) mass is 292 g/mol. The molecule has 0 saturated heterocycles. The van der Waals surface area contributed by atoms with Crippen molar-refractivity contribution in [2.24, 2.45) is 0 Å². The van der Waals surface area contributed by atoms with Gasteiger partial charge in [0.05, 0.1) is 6.54 Å². The van der Waals surface area contributed by atoms with E-state index in [1.165, 1.54) is 0 Å². The van der Waals surface area contributed by atoms with Crippen molar-refractivity contribution >= 4 is 11.9 Å². The summed E-state index contributed by atoms with van der Waals surface area (Å²) in [7, 11) is 1.90. The zero-order valence-electron chi connectivity index (χ0n) is 12.5. The molecular formula is C16H24N2O3. The molecule has 21 heavy (non-hydrogen) atoms. The maximum absolute atomic E-state index is 11.8. The molecule has 0 aromatic heterocycles. The standard InChI is InChI=1S/C16H24N2O3/c1-18(11-7-3-6-10-16(20)21)13-15(19)17-12-14-8-4-2-5-9-14/h2,4-5,8-9H,3,6-7,10-13H2,1H3,(H,17,19)(H,20,21). The van der Waals surface area contributed by atoms with Crippen LogP contribution in [0.15, 0.2) is 30.3 Å². The van der Waals surface area contributed by atoms with E-state index in [1.807, 2.05) is 42.3 Å². The highest BCUT2D eigenvalue weighted by Gasteiger charge is 2.06. The van der Waals surface area contributed by atoms with Crippen LogP contribution in [0.1, 0.15) is 31.2 Å². The first-order valence-electron chi connectivity index (χ1n) is 7.29. The molecule has 116 valence electrons. The predicted octanol–water partition coefficient (Wildman–Crippen LogP) is 1.88. The first-order chi connectivity index (χ1) is 10.1. The summed E-state index contributed by atoms with van der Waals surface area (Å²) < 4.78 is 0. The van der Waals surface area contributed by atoms with Crippen molar-refractivity contribution in [3.63, 3.8) is 0 Å². The number of likely N-dealkylation sites (N-methyl/N-ethyl adjacent to an activating group) is 1. The van der Waals surface area contributed by atoms with Gasteiger partial charge in [0.2, 0.25) is 5.91 Å². The minimum Gasteiger partial charge on any atom is -0.481 e. The van der Waals surface area contributed by atoms with Gasteiger partial charge in [-0.25, -0.2) is 0 Å². The number of rotatable bonds is 10. The van der Waals surface area contributed by atoms with E-state index in [9.17, 15) is 9.59 Å². The first kappa shape index (κ1) is 17.2. The first-order valence-corrected chi connectivity index (χ1v) is 7.29. The fourth-order valence-electron chi connectivity index (χ4n) is 2.01. The van der Waals surface area contributed by atoms with Crippen LogP contribution in [0.3, 0.4) is 0 Å². The van der Waals surface area contributed by atoms with Crippen LogP contribution in [0.4, 0.5) is 0 Å². The Hall–Kier alpha value is -1.88. The third kappa shape index (κ3) is 8.81. The molecule has 0 spiro atoms. The highest BCUT2D eigenvalue weighted by atomic mass is 16.4. The van der Waals surface area contributed by atoms with Gasteiger partial charge in [-0.15, -0.1) is 0 Å². The summed E-state index contributed by atoms with van der Waals surface area (Å²) in [6.07, 6.45) is 2.71. The van der Waals surface area contributed by atoms with Gasteiger partial charge < -0.3 is 10.4 Å². The molecule has 5 nitrogen and oxygen atoms in total. The molecule has 0 aliphatic heterocycles. The van der Waals surface area contributed by atoms with Crippen LogP contribution < -0.4 is 5.32 Å². The molecular weight excluding hydrogens is 268 g/mol. The number of hydrogen-bond acceptors (Lipinski definition) is 3. The van der Waals surface area contributed by atoms with Gasteiger partial charge in [0.15, 0.2) is 0 Å². The van der Waals surface area contributed by atoms with Crippen molar-refractivity contribution < 1.29 is 14.7 Å². The molecule has 0 fully saturated rings. The maximum Gasteiger partial charge on any atom is 0.303 e. The van der Waals surface area contributed by atoms with Crippen LogP contribution in [0.2, 0.25) is 0 Å². The van der Waals surface area contributed by atoms with Crippen molar-refractivity contribution in [1.29, 1.82) is 0 Å². The van der Waals surface area contributed by atoms with E-state index in [0.717, 1.165) is 24.9 Å². The van der Waals surface area contributed by atoms with Crippen LogP contribution in [-0.4, -0.2) is 42.0 Å². The topological polar surface area (TPSA) is 69.6 Å². The number of amides is 1. The Morgan fingerprint density at radius 2 is 1.86 bits per heavy atom. The number of carbonyl (C=O) groups excluding carboxylic acids is 1. The summed E-state index contributed by atoms with van der Waals surface area (Å²) in [5.74, 6) is -0.740. The highest BCUT2D eigenvalue weighted by Crippen LogP contribution is 2.01. The molecule has 0 radical (unpaired) electrons. The van der Waals surface area contributed by atoms with Gasteiger partial charge in [0.1, 0.15) is 0 Å². The third-order valence-corrected chi connectivity index (χ3v) is 3.18. The Kier molecular flexibility index (Phi) is 8.12. The normalized spacial score (nSPS) is 10.6. The molecule has 2 N–H and O–H groups in total. The molecule has 0 aliphatic carbocycles. The number of nitrogens with one attached hydrogen (secondary N) is 1. The summed E-state index contributed by atoms with van der Waals surface area (Å²) in [4.78, 5) is 24.1. The lowest BCUT2D eigenvalue weighted by Gasteiger charge is -2.16. The van der Waals surface area contributed by atoms with Crippen LogP contribution in [-0.2, 0) is 16.1 Å². The van der Waals surface area contributed by atoms with Crippen LogP contribution in [0, 0.1) is 0 Å². The fourth-order valence-corrected chi connectivity index (χ4v) is 2.01. The molecule has 5 heteroatoms. The number of nitrogens with zero attached hydrogens (tertiary/aromatic N) is 1. The Morgan fingerprint density at radius 1 is 1.14 bits per heavy atom. The summed E-state index contributed by atoms with van der Waals surface area (Å²) in [6, 6.07) is 9.80. The summed E-state index contributed by atoms with van der Waals surface area (Å²) in [5.41, 5.74) is 1.09. The molecule has 0 saturated carbocycles. The fraction of sp³-hybridized carbons (Fsp3) is 0.500. The quantitative estimate of drug-likeness (QED) is 0.646. The molecule has 1 amide bonds. The molecule has 1 aromatic carbocycles. The molecule has 0 heterocycles. The van der Waals surface area contributed by atoms with E-state index in [1.54, 1.807) is 0 Å². The van der Waals surface area contributed by atoms with Crippen molar-refractivity contribution in [2.45, 2.75) is 32.2 Å². The smallest absolute Gasteiger partial charge is 0.303 e. The second-order valence-electron chi connectivity index (χ2n) is 5.20. The predicted molar refractivity (Wildman–Crippen MR) is 81.9 cm³/mol. The lowest BCUT2D eigenvalue weighted by atomic mass is 10.2. The minimum atomic E-state index is -0.747. The Balaban J connectivity index is 2.09. The Labute approximate surface area is 126 Å².